The Morgan fingerprint density at radius 1 is 1.00 bits per heavy atom. The van der Waals surface area contributed by atoms with Gasteiger partial charge in [0.05, 0.1) is 53.1 Å². The van der Waals surface area contributed by atoms with Gasteiger partial charge in [0.15, 0.2) is 5.78 Å². The molecule has 0 spiro atoms. The number of methoxy groups -OCH3 is 1. The fraction of sp³-hybridized carbons (Fsp3) is 0.444. The third kappa shape index (κ3) is 4.80. The highest BCUT2D eigenvalue weighted by molar-refractivity contribution is 6.38. The van der Waals surface area contributed by atoms with Gasteiger partial charge < -0.3 is 9.84 Å². The normalized spacial score (nSPS) is 24.9. The number of carbonyl (C=O) groups is 2. The largest absolute Gasteiger partial charge is 0.469 e. The molecule has 0 aromatic rings. The maximum atomic E-state index is 13.6. The molecule has 228 valence electrons. The minimum absolute atomic E-state index is 0.0279. The lowest BCUT2D eigenvalue weighted by Crippen LogP contribution is -2.17. The van der Waals surface area contributed by atoms with Crippen molar-refractivity contribution < 1.29 is 19.4 Å². The highest BCUT2D eigenvalue weighted by Gasteiger charge is 2.43. The van der Waals surface area contributed by atoms with Gasteiger partial charge in [-0.15, -0.1) is 0 Å². The standard InChI is InChI=1S/C36H40N4O4/c1-8-10-22-17(3)25-15-30-33(20(6)41)19(5)27(38-30)14-26-18(4)23(11-12-32(43)44-7)35(39-26)24-13-31(42)34-21(9-2)28(40-36(24)34)16-29(22)37-25/h14-16,18,20,23,41H,8-13H2,1-7H3. The number of esters is 1. The van der Waals surface area contributed by atoms with Gasteiger partial charge in [0.2, 0.25) is 0 Å². The average Bonchev–Trinajstić information content (AvgIpc) is 3.74. The van der Waals surface area contributed by atoms with Crippen LogP contribution in [0.15, 0.2) is 100.0 Å². The number of nitrogens with zero attached hydrogens (tertiary/aromatic N) is 4. The Hall–Kier alpha value is -4.04. The van der Waals surface area contributed by atoms with Crippen LogP contribution in [0.25, 0.3) is 0 Å². The molecule has 6 aliphatic rings. The second-order valence-corrected chi connectivity index (χ2v) is 12.3. The summed E-state index contributed by atoms with van der Waals surface area (Å²) in [7, 11) is 1.40. The van der Waals surface area contributed by atoms with E-state index in [1.165, 1.54) is 7.11 Å². The molecule has 0 aromatic carbocycles. The third-order valence-electron chi connectivity index (χ3n) is 9.64. The van der Waals surface area contributed by atoms with Gasteiger partial charge in [0.25, 0.3) is 0 Å². The van der Waals surface area contributed by atoms with E-state index in [2.05, 4.69) is 27.7 Å². The number of carbonyl (C=O) groups excluding carboxylic acids is 2. The first kappa shape index (κ1) is 30.0. The van der Waals surface area contributed by atoms with Crippen LogP contribution >= 0.6 is 0 Å². The van der Waals surface area contributed by atoms with Crippen molar-refractivity contribution in [3.05, 3.63) is 80.0 Å². The molecule has 8 nitrogen and oxygen atoms in total. The summed E-state index contributed by atoms with van der Waals surface area (Å²) in [5.74, 6) is -0.324. The van der Waals surface area contributed by atoms with Gasteiger partial charge in [0.1, 0.15) is 0 Å². The highest BCUT2D eigenvalue weighted by atomic mass is 16.5. The summed E-state index contributed by atoms with van der Waals surface area (Å²) in [6, 6.07) is 0. The van der Waals surface area contributed by atoms with Gasteiger partial charge in [-0.25, -0.2) is 15.0 Å². The Labute approximate surface area is 258 Å². The van der Waals surface area contributed by atoms with Crippen LogP contribution in [-0.4, -0.2) is 52.9 Å². The van der Waals surface area contributed by atoms with E-state index in [0.717, 1.165) is 80.5 Å². The number of aliphatic hydroxyl groups excluding tert-OH is 1. The fourth-order valence-electron chi connectivity index (χ4n) is 7.27. The molecule has 1 aliphatic carbocycles. The van der Waals surface area contributed by atoms with Crippen LogP contribution in [0.1, 0.15) is 80.1 Å². The first-order valence-corrected chi connectivity index (χ1v) is 15.7. The first-order valence-electron chi connectivity index (χ1n) is 15.7. The van der Waals surface area contributed by atoms with Crippen LogP contribution in [0.3, 0.4) is 0 Å². The van der Waals surface area contributed by atoms with Crippen LogP contribution in [0, 0.1) is 11.8 Å². The van der Waals surface area contributed by atoms with E-state index >= 15 is 0 Å². The molecule has 5 aliphatic heterocycles. The van der Waals surface area contributed by atoms with E-state index in [9.17, 15) is 14.7 Å². The second-order valence-electron chi connectivity index (χ2n) is 12.3. The zero-order valence-corrected chi connectivity index (χ0v) is 26.7. The van der Waals surface area contributed by atoms with Crippen molar-refractivity contribution in [1.29, 1.82) is 0 Å². The SMILES string of the molecule is CCCC1=C(C)C2=CC3=NC(=CC4=NC(=C5CC(=O)C6=C(CC)C(=CC1=N2)N=C56)C(CCC(=O)OC)C4C)C(C)=C3C(C)O. The molecular formula is C36H40N4O4. The van der Waals surface area contributed by atoms with Crippen LogP contribution < -0.4 is 0 Å². The van der Waals surface area contributed by atoms with E-state index in [1.54, 1.807) is 6.92 Å². The Bertz CT molecular complexity index is 1750. The lowest BCUT2D eigenvalue weighted by atomic mass is 9.84. The molecule has 0 radical (unpaired) electrons. The number of allylic oxidation sites excluding steroid dienone is 10. The van der Waals surface area contributed by atoms with E-state index in [0.29, 0.717) is 29.8 Å². The molecule has 1 N–H and O–H groups in total. The molecular weight excluding hydrogens is 552 g/mol. The number of ether oxygens (including phenoxy) is 1. The van der Waals surface area contributed by atoms with Gasteiger partial charge in [-0.2, -0.15) is 0 Å². The summed E-state index contributed by atoms with van der Waals surface area (Å²) in [6.07, 6.45) is 8.84. The minimum atomic E-state index is -0.718. The topological polar surface area (TPSA) is 113 Å². The van der Waals surface area contributed by atoms with Crippen LogP contribution in [-0.2, 0) is 14.3 Å². The number of ketones is 1. The summed E-state index contributed by atoms with van der Waals surface area (Å²) >= 11 is 0. The average molecular weight is 593 g/mol. The van der Waals surface area contributed by atoms with Crippen molar-refractivity contribution in [2.24, 2.45) is 31.8 Å². The molecule has 5 heterocycles. The number of rotatable bonds is 7. The second kappa shape index (κ2) is 11.5. The maximum Gasteiger partial charge on any atom is 0.305 e. The van der Waals surface area contributed by atoms with E-state index in [1.807, 2.05) is 25.2 Å². The van der Waals surface area contributed by atoms with Gasteiger partial charge in [-0.05, 0) is 80.6 Å². The lowest BCUT2D eigenvalue weighted by molar-refractivity contribution is -0.140. The number of hydrogen-bond acceptors (Lipinski definition) is 8. The lowest BCUT2D eigenvalue weighted by Gasteiger charge is -2.18. The molecule has 8 bridgehead atoms. The third-order valence-corrected chi connectivity index (χ3v) is 9.64. The van der Waals surface area contributed by atoms with Gasteiger partial charge in [0, 0.05) is 47.1 Å². The summed E-state index contributed by atoms with van der Waals surface area (Å²) in [5, 5.41) is 10.8. The Balaban J connectivity index is 1.63. The smallest absolute Gasteiger partial charge is 0.305 e. The predicted molar refractivity (Wildman–Crippen MR) is 174 cm³/mol. The Kier molecular flexibility index (Phi) is 7.82. The molecule has 1 fully saturated rings. The van der Waals surface area contributed by atoms with Gasteiger partial charge in [-0.3, -0.25) is 14.6 Å². The maximum absolute atomic E-state index is 13.6. The zero-order chi connectivity index (χ0) is 31.4. The van der Waals surface area contributed by atoms with E-state index < -0.39 is 6.10 Å². The number of Topliss-reactive ketones (excluding diaryl/α,β-unsaturated/α-hetero) is 1. The predicted octanol–water partition coefficient (Wildman–Crippen LogP) is 6.42. The molecule has 0 amide bonds. The molecule has 1 saturated carbocycles. The fourth-order valence-corrected chi connectivity index (χ4v) is 7.27. The van der Waals surface area contributed by atoms with Crippen molar-refractivity contribution in [2.45, 2.75) is 86.2 Å². The number of aliphatic imine (C=N–C) groups is 4. The number of hydrogen-bond donors (Lipinski definition) is 1. The van der Waals surface area contributed by atoms with Crippen LogP contribution in [0.5, 0.6) is 0 Å². The van der Waals surface area contributed by atoms with E-state index in [4.69, 9.17) is 24.7 Å². The molecule has 6 rings (SSSR count). The van der Waals surface area contributed by atoms with Crippen molar-refractivity contribution in [2.75, 3.05) is 7.11 Å². The molecule has 3 unspecified atom stereocenters. The summed E-state index contributed by atoms with van der Waals surface area (Å²) in [4.78, 5) is 46.2. The number of aliphatic hydroxyl groups is 1. The molecule has 0 aromatic heterocycles. The Morgan fingerprint density at radius 3 is 2.39 bits per heavy atom. The molecule has 44 heavy (non-hydrogen) atoms. The van der Waals surface area contributed by atoms with Crippen LogP contribution in [0.4, 0.5) is 0 Å². The van der Waals surface area contributed by atoms with Crippen molar-refractivity contribution >= 4 is 34.6 Å². The van der Waals surface area contributed by atoms with Gasteiger partial charge >= 0.3 is 5.97 Å². The van der Waals surface area contributed by atoms with Gasteiger partial charge in [-0.1, -0.05) is 27.2 Å². The van der Waals surface area contributed by atoms with Crippen molar-refractivity contribution in [1.82, 2.24) is 0 Å². The van der Waals surface area contributed by atoms with Crippen molar-refractivity contribution in [3.8, 4) is 0 Å². The first-order chi connectivity index (χ1) is 21.1. The van der Waals surface area contributed by atoms with Crippen LogP contribution in [0.2, 0.25) is 0 Å². The highest BCUT2D eigenvalue weighted by Crippen LogP contribution is 2.45. The molecule has 0 saturated heterocycles. The zero-order valence-electron chi connectivity index (χ0n) is 26.7. The quantitative estimate of drug-likeness (QED) is 0.344. The summed E-state index contributed by atoms with van der Waals surface area (Å²) < 4.78 is 4.97. The molecule has 8 heteroatoms. The summed E-state index contributed by atoms with van der Waals surface area (Å²) in [6.45, 7) is 12.2. The van der Waals surface area contributed by atoms with E-state index in [-0.39, 0.29) is 36.4 Å². The Morgan fingerprint density at radius 2 is 1.70 bits per heavy atom. The van der Waals surface area contributed by atoms with Crippen molar-refractivity contribution in [3.63, 3.8) is 0 Å². The minimum Gasteiger partial charge on any atom is -0.469 e. The summed E-state index contributed by atoms with van der Waals surface area (Å²) in [5.41, 5.74) is 12.7. The molecule has 3 atom stereocenters. The monoisotopic (exact) mass is 592 g/mol. The number of fused-ring (bicyclic) bond motifs is 4.